The van der Waals surface area contributed by atoms with Crippen LogP contribution < -0.4 is 5.32 Å². The summed E-state index contributed by atoms with van der Waals surface area (Å²) in [5, 5.41) is 2.77. The highest BCUT2D eigenvalue weighted by Gasteiger charge is 2.19. The van der Waals surface area contributed by atoms with Gasteiger partial charge in [-0.3, -0.25) is 9.59 Å². The fourth-order valence-corrected chi connectivity index (χ4v) is 2.90. The van der Waals surface area contributed by atoms with E-state index in [1.54, 1.807) is 14.0 Å². The Labute approximate surface area is 111 Å². The first-order valence-corrected chi connectivity index (χ1v) is 7.37. The Bertz CT molecular complexity index is 276. The molecule has 2 unspecified atom stereocenters. The maximum Gasteiger partial charge on any atom is 0.222 e. The molecule has 2 atom stereocenters. The van der Waals surface area contributed by atoms with E-state index in [2.05, 4.69) is 5.32 Å². The minimum Gasteiger partial charge on any atom is -0.359 e. The van der Waals surface area contributed by atoms with Gasteiger partial charge in [0.1, 0.15) is 5.78 Å². The Morgan fingerprint density at radius 1 is 0.833 bits per heavy atom. The van der Waals surface area contributed by atoms with Crippen molar-refractivity contribution in [1.29, 1.82) is 0 Å². The second kappa shape index (κ2) is 8.28. The molecule has 3 nitrogen and oxygen atoms in total. The number of carbonyl (C=O) groups excluding carboxylic acids is 2. The monoisotopic (exact) mass is 253 g/mol. The third-order valence-corrected chi connectivity index (χ3v) is 4.15. The average Bonchev–Trinajstić information content (AvgIpc) is 2.41. The smallest absolute Gasteiger partial charge is 0.222 e. The third kappa shape index (κ3) is 5.19. The zero-order chi connectivity index (χ0) is 13.4. The van der Waals surface area contributed by atoms with Gasteiger partial charge in [-0.2, -0.15) is 0 Å². The third-order valence-electron chi connectivity index (χ3n) is 4.15. The SMILES string of the molecule is CNC(=O)C1CCCCCC(C(C)=O)CCCC1. The molecule has 0 heterocycles. The van der Waals surface area contributed by atoms with Gasteiger partial charge in [0.05, 0.1) is 0 Å². The molecule has 1 fully saturated rings. The Hall–Kier alpha value is -0.860. The topological polar surface area (TPSA) is 46.2 Å². The molecule has 1 N–H and O–H groups in total. The molecule has 0 radical (unpaired) electrons. The minimum atomic E-state index is 0.184. The number of amides is 1. The first kappa shape index (κ1) is 15.2. The van der Waals surface area contributed by atoms with Crippen molar-refractivity contribution >= 4 is 11.7 Å². The zero-order valence-corrected chi connectivity index (χ0v) is 11.8. The van der Waals surface area contributed by atoms with E-state index in [0.29, 0.717) is 5.78 Å². The van der Waals surface area contributed by atoms with Gasteiger partial charge in [-0.25, -0.2) is 0 Å². The Balaban J connectivity index is 2.48. The van der Waals surface area contributed by atoms with Gasteiger partial charge in [-0.05, 0) is 32.6 Å². The van der Waals surface area contributed by atoms with Crippen molar-refractivity contribution in [3.63, 3.8) is 0 Å². The molecule has 0 bridgehead atoms. The van der Waals surface area contributed by atoms with Crippen molar-refractivity contribution in [2.45, 2.75) is 64.7 Å². The minimum absolute atomic E-state index is 0.184. The summed E-state index contributed by atoms with van der Waals surface area (Å²) >= 11 is 0. The van der Waals surface area contributed by atoms with E-state index >= 15 is 0 Å². The van der Waals surface area contributed by atoms with E-state index < -0.39 is 0 Å². The quantitative estimate of drug-likeness (QED) is 0.822. The van der Waals surface area contributed by atoms with Crippen LogP contribution in [0.25, 0.3) is 0 Å². The van der Waals surface area contributed by atoms with E-state index in [9.17, 15) is 9.59 Å². The summed E-state index contributed by atoms with van der Waals surface area (Å²) in [6.07, 6.45) is 9.58. The molecule has 1 amide bonds. The highest BCUT2D eigenvalue weighted by Crippen LogP contribution is 2.24. The van der Waals surface area contributed by atoms with Gasteiger partial charge in [0.25, 0.3) is 0 Å². The molecule has 0 saturated heterocycles. The van der Waals surface area contributed by atoms with Gasteiger partial charge >= 0.3 is 0 Å². The lowest BCUT2D eigenvalue weighted by Gasteiger charge is -2.14. The number of ketones is 1. The predicted molar refractivity (Wildman–Crippen MR) is 73.3 cm³/mol. The molecule has 104 valence electrons. The van der Waals surface area contributed by atoms with Crippen molar-refractivity contribution in [2.24, 2.45) is 11.8 Å². The maximum atomic E-state index is 11.7. The van der Waals surface area contributed by atoms with Gasteiger partial charge in [-0.15, -0.1) is 0 Å². The van der Waals surface area contributed by atoms with Gasteiger partial charge in [0.2, 0.25) is 5.91 Å². The number of rotatable bonds is 2. The van der Waals surface area contributed by atoms with E-state index in [1.165, 1.54) is 0 Å². The molecule has 0 aromatic carbocycles. The van der Waals surface area contributed by atoms with Crippen LogP contribution in [0.4, 0.5) is 0 Å². The van der Waals surface area contributed by atoms with Crippen LogP contribution in [-0.2, 0) is 9.59 Å². The summed E-state index contributed by atoms with van der Waals surface area (Å²) in [5.74, 6) is 0.986. The second-order valence-electron chi connectivity index (χ2n) is 5.54. The van der Waals surface area contributed by atoms with E-state index in [1.807, 2.05) is 0 Å². The van der Waals surface area contributed by atoms with Gasteiger partial charge < -0.3 is 5.32 Å². The molecule has 18 heavy (non-hydrogen) atoms. The Morgan fingerprint density at radius 2 is 1.28 bits per heavy atom. The van der Waals surface area contributed by atoms with Crippen LogP contribution in [0.3, 0.4) is 0 Å². The largest absolute Gasteiger partial charge is 0.359 e. The summed E-state index contributed by atoms with van der Waals surface area (Å²) in [6.45, 7) is 1.72. The molecule has 1 saturated carbocycles. The van der Waals surface area contributed by atoms with Crippen LogP contribution in [0.1, 0.15) is 64.7 Å². The highest BCUT2D eigenvalue weighted by atomic mass is 16.1. The molecule has 1 aliphatic rings. The molecular weight excluding hydrogens is 226 g/mol. The van der Waals surface area contributed by atoms with Crippen molar-refractivity contribution < 1.29 is 9.59 Å². The number of hydrogen-bond donors (Lipinski definition) is 1. The molecule has 0 aromatic rings. The van der Waals surface area contributed by atoms with Crippen LogP contribution in [0.2, 0.25) is 0 Å². The average molecular weight is 253 g/mol. The zero-order valence-electron chi connectivity index (χ0n) is 11.8. The number of hydrogen-bond acceptors (Lipinski definition) is 2. The van der Waals surface area contributed by atoms with Gasteiger partial charge in [0, 0.05) is 18.9 Å². The van der Waals surface area contributed by atoms with Crippen molar-refractivity contribution in [2.75, 3.05) is 7.05 Å². The highest BCUT2D eigenvalue weighted by molar-refractivity contribution is 5.78. The van der Waals surface area contributed by atoms with Gasteiger partial charge in [0.15, 0.2) is 0 Å². The lowest BCUT2D eigenvalue weighted by Crippen LogP contribution is -2.27. The summed E-state index contributed by atoms with van der Waals surface area (Å²) in [5.41, 5.74) is 0. The standard InChI is InChI=1S/C15H27NO2/c1-12(17)13-8-4-3-5-10-14(15(18)16-2)11-7-6-9-13/h13-14H,3-11H2,1-2H3,(H,16,18). The predicted octanol–water partition coefficient (Wildman–Crippen LogP) is 3.08. The first-order valence-electron chi connectivity index (χ1n) is 7.37. The summed E-state index contributed by atoms with van der Waals surface area (Å²) in [7, 11) is 1.72. The number of nitrogens with one attached hydrogen (secondary N) is 1. The van der Waals surface area contributed by atoms with E-state index in [0.717, 1.165) is 57.8 Å². The number of carbonyl (C=O) groups is 2. The van der Waals surface area contributed by atoms with Crippen LogP contribution >= 0.6 is 0 Å². The fraction of sp³-hybridized carbons (Fsp3) is 0.867. The lowest BCUT2D eigenvalue weighted by molar-refractivity contribution is -0.125. The maximum absolute atomic E-state index is 11.7. The van der Waals surface area contributed by atoms with Gasteiger partial charge in [-0.1, -0.05) is 32.1 Å². The number of Topliss-reactive ketones (excluding diaryl/α,β-unsaturated/α-hetero) is 1. The summed E-state index contributed by atoms with van der Waals surface area (Å²) in [6, 6.07) is 0. The molecule has 3 heteroatoms. The summed E-state index contributed by atoms with van der Waals surface area (Å²) in [4.78, 5) is 23.2. The molecule has 0 aliphatic heterocycles. The van der Waals surface area contributed by atoms with Crippen molar-refractivity contribution in [3.8, 4) is 0 Å². The van der Waals surface area contributed by atoms with Crippen molar-refractivity contribution in [3.05, 3.63) is 0 Å². The van der Waals surface area contributed by atoms with Crippen LogP contribution in [0.15, 0.2) is 0 Å². The van der Waals surface area contributed by atoms with E-state index in [-0.39, 0.29) is 17.7 Å². The fourth-order valence-electron chi connectivity index (χ4n) is 2.90. The first-order chi connectivity index (χ1) is 8.65. The molecule has 0 spiro atoms. The molecular formula is C15H27NO2. The Kier molecular flexibility index (Phi) is 6.99. The Morgan fingerprint density at radius 3 is 1.72 bits per heavy atom. The van der Waals surface area contributed by atoms with Crippen LogP contribution in [0, 0.1) is 11.8 Å². The van der Waals surface area contributed by atoms with E-state index in [4.69, 9.17) is 0 Å². The molecule has 0 aromatic heterocycles. The van der Waals surface area contributed by atoms with Crippen molar-refractivity contribution in [1.82, 2.24) is 5.32 Å². The normalized spacial score (nSPS) is 27.0. The lowest BCUT2D eigenvalue weighted by atomic mass is 9.92. The van der Waals surface area contributed by atoms with Crippen LogP contribution in [-0.4, -0.2) is 18.7 Å². The second-order valence-corrected chi connectivity index (χ2v) is 5.54. The van der Waals surface area contributed by atoms with Crippen LogP contribution in [0.5, 0.6) is 0 Å². The molecule has 1 rings (SSSR count). The summed E-state index contributed by atoms with van der Waals surface area (Å²) < 4.78 is 0. The molecule has 1 aliphatic carbocycles.